The van der Waals surface area contributed by atoms with Crippen molar-refractivity contribution >= 4 is 40.1 Å². The maximum absolute atomic E-state index is 13.5. The van der Waals surface area contributed by atoms with E-state index < -0.39 is 5.97 Å². The van der Waals surface area contributed by atoms with Crippen LogP contribution in [0.4, 0.5) is 5.69 Å². The minimum absolute atomic E-state index is 0.0655. The predicted octanol–water partition coefficient (Wildman–Crippen LogP) is 4.39. The van der Waals surface area contributed by atoms with Gasteiger partial charge in [-0.3, -0.25) is 9.69 Å². The number of thioether (sulfide) groups is 1. The molecule has 0 spiro atoms. The van der Waals surface area contributed by atoms with Gasteiger partial charge >= 0.3 is 5.97 Å². The number of benzene rings is 3. The zero-order valence-corrected chi connectivity index (χ0v) is 20.9. The molecule has 4 aromatic rings. The van der Waals surface area contributed by atoms with Crippen LogP contribution < -0.4 is 5.32 Å². The summed E-state index contributed by atoms with van der Waals surface area (Å²) in [4.78, 5) is 28.7. The molecular weight excluding hydrogens is 474 g/mol. The molecule has 0 bridgehead atoms. The first kappa shape index (κ1) is 24.0. The number of aromatic nitrogens is 3. The molecule has 1 fully saturated rings. The number of rotatable bonds is 7. The molecule has 1 amide bonds. The number of nitrogens with zero attached hydrogens (tertiary/aromatic N) is 4. The highest BCUT2D eigenvalue weighted by Gasteiger charge is 2.38. The van der Waals surface area contributed by atoms with E-state index in [0.29, 0.717) is 19.5 Å². The Hall–Kier alpha value is -3.69. The summed E-state index contributed by atoms with van der Waals surface area (Å²) in [6.07, 6.45) is 4.15. The Bertz CT molecular complexity index is 1400. The molecule has 1 aliphatic heterocycles. The predicted molar refractivity (Wildman–Crippen MR) is 140 cm³/mol. The third-order valence-electron chi connectivity index (χ3n) is 6.55. The lowest BCUT2D eigenvalue weighted by Gasteiger charge is -2.24. The van der Waals surface area contributed by atoms with Crippen molar-refractivity contribution in [1.29, 1.82) is 0 Å². The highest BCUT2D eigenvalue weighted by molar-refractivity contribution is 7.98. The summed E-state index contributed by atoms with van der Waals surface area (Å²) in [6.45, 7) is 1.20. The fraction of sp³-hybridized carbons (Fsp3) is 0.259. The summed E-state index contributed by atoms with van der Waals surface area (Å²) >= 11 is 1.63. The standard InChI is InChI=1S/C27H27N5O3S/c1-35-27(34)24-17-32(30-29-24)21-14-25(26(33)28-20-10-6-11-22(13-20)36-2)31(16-21)15-19-9-5-8-18-7-3-4-12-23(18)19/h3-13,17,21,25H,14-16H2,1-2H3,(H,28,33)/t21-,25-/m0/s1. The van der Waals surface area contributed by atoms with E-state index in [-0.39, 0.29) is 23.7 Å². The molecule has 5 rings (SSSR count). The van der Waals surface area contributed by atoms with Crippen molar-refractivity contribution in [2.75, 3.05) is 25.2 Å². The fourth-order valence-corrected chi connectivity index (χ4v) is 5.21. The Balaban J connectivity index is 1.43. The van der Waals surface area contributed by atoms with Gasteiger partial charge < -0.3 is 10.1 Å². The number of carbonyl (C=O) groups is 2. The van der Waals surface area contributed by atoms with Gasteiger partial charge in [0.25, 0.3) is 0 Å². The van der Waals surface area contributed by atoms with E-state index in [1.54, 1.807) is 22.6 Å². The molecule has 2 atom stereocenters. The molecule has 0 radical (unpaired) electrons. The van der Waals surface area contributed by atoms with Crippen molar-refractivity contribution in [3.05, 3.63) is 84.2 Å². The maximum Gasteiger partial charge on any atom is 0.360 e. The Morgan fingerprint density at radius 1 is 1.11 bits per heavy atom. The van der Waals surface area contributed by atoms with Gasteiger partial charge in [0.2, 0.25) is 5.91 Å². The Morgan fingerprint density at radius 3 is 2.75 bits per heavy atom. The molecule has 0 saturated carbocycles. The molecule has 1 N–H and O–H groups in total. The Kier molecular flexibility index (Phi) is 7.02. The molecule has 9 heteroatoms. The van der Waals surface area contributed by atoms with Crippen LogP contribution in [0.3, 0.4) is 0 Å². The zero-order valence-electron chi connectivity index (χ0n) is 20.1. The number of hydrogen-bond donors (Lipinski definition) is 1. The molecule has 184 valence electrons. The van der Waals surface area contributed by atoms with Crippen molar-refractivity contribution in [2.45, 2.75) is 29.9 Å². The average molecular weight is 502 g/mol. The number of amides is 1. The molecular formula is C27H27N5O3S. The van der Waals surface area contributed by atoms with E-state index in [1.165, 1.54) is 17.9 Å². The van der Waals surface area contributed by atoms with Gasteiger partial charge in [-0.2, -0.15) is 0 Å². The van der Waals surface area contributed by atoms with Gasteiger partial charge in [-0.15, -0.1) is 16.9 Å². The molecule has 0 aliphatic carbocycles. The third-order valence-corrected chi connectivity index (χ3v) is 7.28. The van der Waals surface area contributed by atoms with Crippen LogP contribution in [0.15, 0.2) is 77.8 Å². The number of hydrogen-bond acceptors (Lipinski definition) is 7. The monoisotopic (exact) mass is 501 g/mol. The van der Waals surface area contributed by atoms with Gasteiger partial charge in [0.1, 0.15) is 0 Å². The second kappa shape index (κ2) is 10.5. The van der Waals surface area contributed by atoms with E-state index in [9.17, 15) is 9.59 Å². The van der Waals surface area contributed by atoms with E-state index >= 15 is 0 Å². The fourth-order valence-electron chi connectivity index (χ4n) is 4.75. The number of fused-ring (bicyclic) bond motifs is 1. The van der Waals surface area contributed by atoms with Crippen molar-refractivity contribution in [1.82, 2.24) is 19.9 Å². The van der Waals surface area contributed by atoms with Crippen molar-refractivity contribution in [2.24, 2.45) is 0 Å². The van der Waals surface area contributed by atoms with Gasteiger partial charge in [0, 0.05) is 23.7 Å². The van der Waals surface area contributed by atoms with Crippen LogP contribution in [0.1, 0.15) is 28.5 Å². The van der Waals surface area contributed by atoms with Crippen LogP contribution in [-0.2, 0) is 16.1 Å². The Morgan fingerprint density at radius 2 is 1.92 bits per heavy atom. The Labute approximate surface area is 213 Å². The van der Waals surface area contributed by atoms with E-state index in [4.69, 9.17) is 4.74 Å². The number of carbonyl (C=O) groups excluding carboxylic acids is 2. The van der Waals surface area contributed by atoms with E-state index in [0.717, 1.165) is 16.1 Å². The topological polar surface area (TPSA) is 89.4 Å². The van der Waals surface area contributed by atoms with Crippen LogP contribution >= 0.6 is 11.8 Å². The normalized spacial score (nSPS) is 17.8. The van der Waals surface area contributed by atoms with Gasteiger partial charge in [0.05, 0.1) is 25.4 Å². The minimum Gasteiger partial charge on any atom is -0.464 e. The van der Waals surface area contributed by atoms with Crippen molar-refractivity contribution in [3.8, 4) is 0 Å². The number of likely N-dealkylation sites (tertiary alicyclic amines) is 1. The minimum atomic E-state index is -0.533. The number of methoxy groups -OCH3 is 1. The first-order chi connectivity index (χ1) is 17.6. The van der Waals surface area contributed by atoms with Gasteiger partial charge in [-0.25, -0.2) is 9.48 Å². The number of esters is 1. The van der Waals surface area contributed by atoms with Crippen molar-refractivity contribution in [3.63, 3.8) is 0 Å². The van der Waals surface area contributed by atoms with Crippen molar-refractivity contribution < 1.29 is 14.3 Å². The molecule has 2 heterocycles. The highest BCUT2D eigenvalue weighted by Crippen LogP contribution is 2.31. The number of anilines is 1. The summed E-state index contributed by atoms with van der Waals surface area (Å²) in [5, 5.41) is 13.6. The van der Waals surface area contributed by atoms with E-state index in [1.807, 2.05) is 48.7 Å². The first-order valence-corrected chi connectivity index (χ1v) is 12.9. The summed E-state index contributed by atoms with van der Waals surface area (Å²) in [6, 6.07) is 21.9. The van der Waals surface area contributed by atoms with Gasteiger partial charge in [-0.1, -0.05) is 53.7 Å². The van der Waals surface area contributed by atoms with Gasteiger partial charge in [0.15, 0.2) is 5.69 Å². The quantitative estimate of drug-likeness (QED) is 0.297. The maximum atomic E-state index is 13.5. The molecule has 0 unspecified atom stereocenters. The smallest absolute Gasteiger partial charge is 0.360 e. The van der Waals surface area contributed by atoms with Crippen LogP contribution in [0.25, 0.3) is 10.8 Å². The van der Waals surface area contributed by atoms with Crippen LogP contribution in [0.5, 0.6) is 0 Å². The first-order valence-electron chi connectivity index (χ1n) is 11.7. The zero-order chi connectivity index (χ0) is 25.1. The summed E-state index contributed by atoms with van der Waals surface area (Å²) in [5.74, 6) is -0.598. The molecule has 36 heavy (non-hydrogen) atoms. The van der Waals surface area contributed by atoms with Gasteiger partial charge in [-0.05, 0) is 47.2 Å². The lowest BCUT2D eigenvalue weighted by molar-refractivity contribution is -0.120. The van der Waals surface area contributed by atoms with Crippen LogP contribution in [-0.4, -0.2) is 57.7 Å². The van der Waals surface area contributed by atoms with Crippen LogP contribution in [0, 0.1) is 0 Å². The molecule has 3 aromatic carbocycles. The summed E-state index contributed by atoms with van der Waals surface area (Å²) < 4.78 is 6.44. The van der Waals surface area contributed by atoms with Crippen LogP contribution in [0.2, 0.25) is 0 Å². The largest absolute Gasteiger partial charge is 0.464 e. The highest BCUT2D eigenvalue weighted by atomic mass is 32.2. The number of nitrogens with one attached hydrogen (secondary N) is 1. The molecule has 1 saturated heterocycles. The second-order valence-corrected chi connectivity index (χ2v) is 9.65. The second-order valence-electron chi connectivity index (χ2n) is 8.77. The lowest BCUT2D eigenvalue weighted by atomic mass is 10.0. The third kappa shape index (κ3) is 4.98. The average Bonchev–Trinajstić information content (AvgIpc) is 3.56. The SMILES string of the molecule is COC(=O)c1cn([C@H]2C[C@@H](C(=O)Nc3cccc(SC)c3)N(Cc3cccc4ccccc34)C2)nn1. The molecule has 1 aliphatic rings. The summed E-state index contributed by atoms with van der Waals surface area (Å²) in [5.41, 5.74) is 2.08. The number of ether oxygens (including phenoxy) is 1. The molecule has 1 aromatic heterocycles. The van der Waals surface area contributed by atoms with E-state index in [2.05, 4.69) is 44.8 Å². The molecule has 8 nitrogen and oxygen atoms in total. The lowest BCUT2D eigenvalue weighted by Crippen LogP contribution is -2.39. The summed E-state index contributed by atoms with van der Waals surface area (Å²) in [7, 11) is 1.31.